The summed E-state index contributed by atoms with van der Waals surface area (Å²) >= 11 is 0. The minimum atomic E-state index is -0.296. The van der Waals surface area contributed by atoms with Crippen molar-refractivity contribution < 1.29 is 9.21 Å². The summed E-state index contributed by atoms with van der Waals surface area (Å²) in [4.78, 5) is 11.3. The Hall–Kier alpha value is -1.58. The van der Waals surface area contributed by atoms with Gasteiger partial charge in [-0.05, 0) is 37.8 Å². The minimum absolute atomic E-state index is 0.289. The second-order valence-electron chi connectivity index (χ2n) is 3.45. The van der Waals surface area contributed by atoms with Crippen molar-refractivity contribution in [1.29, 1.82) is 0 Å². The summed E-state index contributed by atoms with van der Waals surface area (Å²) in [5.41, 5.74) is 3.45. The number of hydrazone groups is 1. The van der Waals surface area contributed by atoms with Gasteiger partial charge in [-0.1, -0.05) is 0 Å². The molecule has 1 heterocycles. The third kappa shape index (κ3) is 2.02. The lowest BCUT2D eigenvalue weighted by Crippen LogP contribution is -2.18. The molecule has 0 spiro atoms. The monoisotopic (exact) mass is 192 g/mol. The maximum atomic E-state index is 11.3. The molecule has 0 aliphatic heterocycles. The van der Waals surface area contributed by atoms with Gasteiger partial charge in [0.15, 0.2) is 5.76 Å². The van der Waals surface area contributed by atoms with E-state index in [0.717, 1.165) is 5.71 Å². The van der Waals surface area contributed by atoms with Gasteiger partial charge in [0.25, 0.3) is 0 Å². The number of hydrogen-bond acceptors (Lipinski definition) is 3. The molecule has 0 aromatic carbocycles. The average Bonchev–Trinajstić information content (AvgIpc) is 2.90. The highest BCUT2D eigenvalue weighted by atomic mass is 16.3. The summed E-state index contributed by atoms with van der Waals surface area (Å²) in [5, 5.41) is 4.00. The maximum Gasteiger partial charge on any atom is 0.307 e. The molecule has 1 fully saturated rings. The molecule has 1 aliphatic rings. The first-order valence-electron chi connectivity index (χ1n) is 4.65. The van der Waals surface area contributed by atoms with Crippen molar-refractivity contribution in [2.45, 2.75) is 19.8 Å². The number of hydrogen-bond donors (Lipinski definition) is 1. The van der Waals surface area contributed by atoms with Gasteiger partial charge in [0, 0.05) is 5.71 Å². The fourth-order valence-electron chi connectivity index (χ4n) is 1.19. The Balaban J connectivity index is 1.91. The van der Waals surface area contributed by atoms with Crippen molar-refractivity contribution in [2.75, 3.05) is 0 Å². The number of carbonyl (C=O) groups excluding carboxylic acids is 1. The predicted molar refractivity (Wildman–Crippen MR) is 52.0 cm³/mol. The maximum absolute atomic E-state index is 11.3. The zero-order valence-corrected chi connectivity index (χ0v) is 7.99. The van der Waals surface area contributed by atoms with Crippen LogP contribution in [0.1, 0.15) is 30.3 Å². The topological polar surface area (TPSA) is 54.6 Å². The number of nitrogens with one attached hydrogen (secondary N) is 1. The Morgan fingerprint density at radius 1 is 1.64 bits per heavy atom. The Kier molecular flexibility index (Phi) is 2.35. The molecule has 14 heavy (non-hydrogen) atoms. The minimum Gasteiger partial charge on any atom is -0.459 e. The van der Waals surface area contributed by atoms with E-state index in [1.165, 1.54) is 19.1 Å². The smallest absolute Gasteiger partial charge is 0.307 e. The van der Waals surface area contributed by atoms with Crippen LogP contribution in [0.4, 0.5) is 0 Å². The van der Waals surface area contributed by atoms with Crippen LogP contribution in [0, 0.1) is 5.92 Å². The van der Waals surface area contributed by atoms with E-state index in [1.807, 2.05) is 6.92 Å². The first-order chi connectivity index (χ1) is 6.77. The van der Waals surface area contributed by atoms with Gasteiger partial charge in [0.1, 0.15) is 0 Å². The molecule has 1 aromatic rings. The lowest BCUT2D eigenvalue weighted by molar-refractivity contribution is 0.0927. The van der Waals surface area contributed by atoms with Crippen molar-refractivity contribution >= 4 is 11.6 Å². The van der Waals surface area contributed by atoms with Gasteiger partial charge in [0.2, 0.25) is 0 Å². The van der Waals surface area contributed by atoms with E-state index in [9.17, 15) is 4.79 Å². The van der Waals surface area contributed by atoms with Gasteiger partial charge < -0.3 is 4.42 Å². The van der Waals surface area contributed by atoms with E-state index in [2.05, 4.69) is 10.5 Å². The first kappa shape index (κ1) is 8.99. The van der Waals surface area contributed by atoms with Gasteiger partial charge in [-0.3, -0.25) is 4.79 Å². The standard InChI is InChI=1S/C10H12N2O2/c1-7(8-4-5-8)11-12-10(13)9-3-2-6-14-9/h2-3,6,8H,4-5H2,1H3,(H,12,13)/b11-7+. The highest BCUT2D eigenvalue weighted by Gasteiger charge is 2.24. The summed E-state index contributed by atoms with van der Waals surface area (Å²) in [6.45, 7) is 1.93. The van der Waals surface area contributed by atoms with Crippen LogP contribution in [0.15, 0.2) is 27.9 Å². The van der Waals surface area contributed by atoms with Crippen LogP contribution in [0.2, 0.25) is 0 Å². The van der Waals surface area contributed by atoms with Crippen LogP contribution in [0.5, 0.6) is 0 Å². The van der Waals surface area contributed by atoms with Crippen LogP contribution in [-0.4, -0.2) is 11.6 Å². The number of nitrogens with zero attached hydrogens (tertiary/aromatic N) is 1. The fraction of sp³-hybridized carbons (Fsp3) is 0.400. The van der Waals surface area contributed by atoms with Crippen molar-refractivity contribution in [1.82, 2.24) is 5.43 Å². The van der Waals surface area contributed by atoms with Gasteiger partial charge in [-0.15, -0.1) is 0 Å². The molecular weight excluding hydrogens is 180 g/mol. The third-order valence-corrected chi connectivity index (χ3v) is 2.25. The van der Waals surface area contributed by atoms with Crippen LogP contribution in [0.3, 0.4) is 0 Å². The molecular formula is C10H12N2O2. The quantitative estimate of drug-likeness (QED) is 0.586. The van der Waals surface area contributed by atoms with E-state index in [1.54, 1.807) is 12.1 Å². The van der Waals surface area contributed by atoms with Crippen LogP contribution in [-0.2, 0) is 0 Å². The normalized spacial score (nSPS) is 16.8. The van der Waals surface area contributed by atoms with Crippen molar-refractivity contribution in [3.05, 3.63) is 24.2 Å². The summed E-state index contributed by atoms with van der Waals surface area (Å²) < 4.78 is 4.92. The molecule has 1 saturated carbocycles. The summed E-state index contributed by atoms with van der Waals surface area (Å²) in [6, 6.07) is 3.28. The molecule has 1 aliphatic carbocycles. The Morgan fingerprint density at radius 2 is 2.43 bits per heavy atom. The second kappa shape index (κ2) is 3.65. The average molecular weight is 192 g/mol. The summed E-state index contributed by atoms with van der Waals surface area (Å²) in [7, 11) is 0. The molecule has 4 nitrogen and oxygen atoms in total. The van der Waals surface area contributed by atoms with E-state index in [4.69, 9.17) is 4.42 Å². The number of carbonyl (C=O) groups is 1. The summed E-state index contributed by atoms with van der Waals surface area (Å²) in [6.07, 6.45) is 3.84. The molecule has 4 heteroatoms. The predicted octanol–water partition coefficient (Wildman–Crippen LogP) is 1.80. The molecule has 1 aromatic heterocycles. The second-order valence-corrected chi connectivity index (χ2v) is 3.45. The van der Waals surface area contributed by atoms with Gasteiger partial charge in [0.05, 0.1) is 6.26 Å². The van der Waals surface area contributed by atoms with Crippen molar-refractivity contribution in [3.8, 4) is 0 Å². The first-order valence-corrected chi connectivity index (χ1v) is 4.65. The van der Waals surface area contributed by atoms with Crippen molar-refractivity contribution in [3.63, 3.8) is 0 Å². The lowest BCUT2D eigenvalue weighted by Gasteiger charge is -1.98. The van der Waals surface area contributed by atoms with Crippen LogP contribution in [0.25, 0.3) is 0 Å². The molecule has 0 saturated heterocycles. The van der Waals surface area contributed by atoms with E-state index in [-0.39, 0.29) is 11.7 Å². The van der Waals surface area contributed by atoms with Crippen LogP contribution >= 0.6 is 0 Å². The van der Waals surface area contributed by atoms with E-state index >= 15 is 0 Å². The SMILES string of the molecule is C/C(=N\NC(=O)c1ccco1)C1CC1. The van der Waals surface area contributed by atoms with Gasteiger partial charge in [-0.2, -0.15) is 5.10 Å². The molecule has 74 valence electrons. The van der Waals surface area contributed by atoms with Crippen molar-refractivity contribution in [2.24, 2.45) is 11.0 Å². The lowest BCUT2D eigenvalue weighted by atomic mass is 10.3. The Bertz CT molecular complexity index is 350. The molecule has 0 unspecified atom stereocenters. The molecule has 0 atom stereocenters. The zero-order chi connectivity index (χ0) is 9.97. The Labute approximate surface area is 82.0 Å². The molecule has 2 rings (SSSR count). The number of amides is 1. The highest BCUT2D eigenvalue weighted by molar-refractivity contribution is 5.93. The largest absolute Gasteiger partial charge is 0.459 e. The van der Waals surface area contributed by atoms with Gasteiger partial charge >= 0.3 is 5.91 Å². The fourth-order valence-corrected chi connectivity index (χ4v) is 1.19. The molecule has 0 bridgehead atoms. The summed E-state index contributed by atoms with van der Waals surface area (Å²) in [5.74, 6) is 0.569. The zero-order valence-electron chi connectivity index (χ0n) is 7.99. The van der Waals surface area contributed by atoms with Gasteiger partial charge in [-0.25, -0.2) is 5.43 Å². The number of furan rings is 1. The highest BCUT2D eigenvalue weighted by Crippen LogP contribution is 2.30. The molecule has 1 N–H and O–H groups in total. The van der Waals surface area contributed by atoms with Crippen LogP contribution < -0.4 is 5.43 Å². The van der Waals surface area contributed by atoms with E-state index < -0.39 is 0 Å². The third-order valence-electron chi connectivity index (χ3n) is 2.25. The Morgan fingerprint density at radius 3 is 3.00 bits per heavy atom. The van der Waals surface area contributed by atoms with E-state index in [0.29, 0.717) is 5.92 Å². The molecule has 0 radical (unpaired) electrons. The molecule has 1 amide bonds. The number of rotatable bonds is 3.